The highest BCUT2D eigenvalue weighted by Gasteiger charge is 2.33. The Balaban J connectivity index is 1.40. The van der Waals surface area contributed by atoms with Gasteiger partial charge in [-0.05, 0) is 57.2 Å². The van der Waals surface area contributed by atoms with Crippen molar-refractivity contribution in [2.45, 2.75) is 64.3 Å². The van der Waals surface area contributed by atoms with Crippen molar-refractivity contribution in [3.63, 3.8) is 0 Å². The van der Waals surface area contributed by atoms with Gasteiger partial charge in [0.05, 0.1) is 0 Å². The van der Waals surface area contributed by atoms with Gasteiger partial charge in [-0.2, -0.15) is 0 Å². The van der Waals surface area contributed by atoms with Gasteiger partial charge in [-0.15, -0.1) is 0 Å². The Labute approximate surface area is 135 Å². The first-order valence-corrected chi connectivity index (χ1v) is 9.38. The maximum Gasteiger partial charge on any atom is 0.223 e. The van der Waals surface area contributed by atoms with E-state index < -0.39 is 0 Å². The van der Waals surface area contributed by atoms with Crippen LogP contribution in [0.1, 0.15) is 58.3 Å². The van der Waals surface area contributed by atoms with Crippen LogP contribution in [0.5, 0.6) is 0 Å². The van der Waals surface area contributed by atoms with E-state index in [9.17, 15) is 4.79 Å². The number of piperidine rings is 1. The predicted octanol–water partition coefficient (Wildman–Crippen LogP) is 2.15. The van der Waals surface area contributed by atoms with Crippen LogP contribution in [-0.4, -0.2) is 49.6 Å². The Bertz CT molecular complexity index is 365. The molecule has 126 valence electrons. The van der Waals surface area contributed by atoms with Crippen LogP contribution >= 0.6 is 0 Å². The van der Waals surface area contributed by atoms with Crippen molar-refractivity contribution >= 4 is 5.91 Å². The second kappa shape index (κ2) is 7.31. The Kier molecular flexibility index (Phi) is 5.40. The number of carbonyl (C=O) groups is 1. The highest BCUT2D eigenvalue weighted by atomic mass is 16.1. The lowest BCUT2D eigenvalue weighted by atomic mass is 9.87. The maximum absolute atomic E-state index is 12.4. The molecule has 0 aromatic heterocycles. The third-order valence-corrected chi connectivity index (χ3v) is 5.97. The lowest BCUT2D eigenvalue weighted by Crippen LogP contribution is -2.46. The smallest absolute Gasteiger partial charge is 0.223 e. The number of amides is 1. The van der Waals surface area contributed by atoms with Gasteiger partial charge in [0.25, 0.3) is 0 Å². The molecule has 0 spiro atoms. The quantitative estimate of drug-likeness (QED) is 0.836. The van der Waals surface area contributed by atoms with Crippen LogP contribution in [0.15, 0.2) is 0 Å². The van der Waals surface area contributed by atoms with Gasteiger partial charge in [0.1, 0.15) is 0 Å². The normalized spacial score (nSPS) is 32.2. The number of carbonyl (C=O) groups excluding carboxylic acids is 1. The van der Waals surface area contributed by atoms with Gasteiger partial charge in [0.15, 0.2) is 0 Å². The average Bonchev–Trinajstić information content (AvgIpc) is 2.95. The molecule has 2 saturated heterocycles. The van der Waals surface area contributed by atoms with Gasteiger partial charge in [0.2, 0.25) is 5.91 Å². The topological polar surface area (TPSA) is 44.4 Å². The molecule has 4 heteroatoms. The van der Waals surface area contributed by atoms with Crippen molar-refractivity contribution in [2.75, 3.05) is 32.7 Å². The highest BCUT2D eigenvalue weighted by molar-refractivity contribution is 5.79. The summed E-state index contributed by atoms with van der Waals surface area (Å²) in [6.45, 7) is 8.09. The van der Waals surface area contributed by atoms with E-state index in [0.717, 1.165) is 39.0 Å². The van der Waals surface area contributed by atoms with E-state index in [1.165, 1.54) is 45.1 Å². The van der Waals surface area contributed by atoms with Gasteiger partial charge in [-0.1, -0.05) is 26.2 Å². The van der Waals surface area contributed by atoms with Gasteiger partial charge in [-0.3, -0.25) is 4.79 Å². The summed E-state index contributed by atoms with van der Waals surface area (Å²) in [5.74, 6) is 0.591. The zero-order valence-electron chi connectivity index (χ0n) is 14.2. The van der Waals surface area contributed by atoms with Crippen LogP contribution in [0.25, 0.3) is 0 Å². The van der Waals surface area contributed by atoms with Crippen LogP contribution < -0.4 is 10.6 Å². The average molecular weight is 307 g/mol. The monoisotopic (exact) mass is 307 g/mol. The van der Waals surface area contributed by atoms with Gasteiger partial charge < -0.3 is 15.5 Å². The van der Waals surface area contributed by atoms with Crippen LogP contribution in [0.4, 0.5) is 0 Å². The van der Waals surface area contributed by atoms with Crippen LogP contribution in [0, 0.1) is 11.3 Å². The standard InChI is InChI=1S/C18H33N3O/c1-18(9-10-19-13-18)14-21-11-7-15(8-12-21)17(22)20-16-5-3-2-4-6-16/h15-16,19H,2-14H2,1H3,(H,20,22). The molecule has 1 saturated carbocycles. The molecule has 0 bridgehead atoms. The highest BCUT2D eigenvalue weighted by Crippen LogP contribution is 2.28. The Morgan fingerprint density at radius 2 is 1.91 bits per heavy atom. The Hall–Kier alpha value is -0.610. The fraction of sp³-hybridized carbons (Fsp3) is 0.944. The number of hydrogen-bond acceptors (Lipinski definition) is 3. The summed E-state index contributed by atoms with van der Waals surface area (Å²) in [5.41, 5.74) is 0.442. The Morgan fingerprint density at radius 3 is 2.55 bits per heavy atom. The van der Waals surface area contributed by atoms with Crippen molar-refractivity contribution in [1.82, 2.24) is 15.5 Å². The van der Waals surface area contributed by atoms with E-state index in [4.69, 9.17) is 0 Å². The van der Waals surface area contributed by atoms with Gasteiger partial charge in [0, 0.05) is 25.0 Å². The minimum Gasteiger partial charge on any atom is -0.353 e. The van der Waals surface area contributed by atoms with E-state index in [0.29, 0.717) is 17.4 Å². The van der Waals surface area contributed by atoms with Crippen molar-refractivity contribution in [3.05, 3.63) is 0 Å². The molecule has 1 atom stereocenters. The molecule has 3 rings (SSSR count). The molecule has 22 heavy (non-hydrogen) atoms. The molecular weight excluding hydrogens is 274 g/mol. The molecule has 1 aliphatic carbocycles. The molecule has 2 N–H and O–H groups in total. The van der Waals surface area contributed by atoms with E-state index >= 15 is 0 Å². The third-order valence-electron chi connectivity index (χ3n) is 5.97. The number of nitrogens with zero attached hydrogens (tertiary/aromatic N) is 1. The fourth-order valence-electron chi connectivity index (χ4n) is 4.46. The van der Waals surface area contributed by atoms with Crippen molar-refractivity contribution < 1.29 is 4.79 Å². The van der Waals surface area contributed by atoms with E-state index in [2.05, 4.69) is 22.5 Å². The third kappa shape index (κ3) is 4.23. The molecule has 2 aliphatic heterocycles. The second-order valence-corrected chi connectivity index (χ2v) is 8.13. The summed E-state index contributed by atoms with van der Waals surface area (Å²) in [6.07, 6.45) is 9.68. The molecule has 4 nitrogen and oxygen atoms in total. The number of rotatable bonds is 4. The summed E-state index contributed by atoms with van der Waals surface area (Å²) in [6, 6.07) is 0.461. The summed E-state index contributed by atoms with van der Waals surface area (Å²) in [4.78, 5) is 15.0. The maximum atomic E-state index is 12.4. The molecule has 3 fully saturated rings. The SMILES string of the molecule is CC1(CN2CCC(C(=O)NC3CCCCC3)CC2)CCNC1. The molecule has 3 aliphatic rings. The molecule has 1 unspecified atom stereocenters. The van der Waals surface area contributed by atoms with Crippen LogP contribution in [0.3, 0.4) is 0 Å². The zero-order valence-corrected chi connectivity index (χ0v) is 14.2. The lowest BCUT2D eigenvalue weighted by molar-refractivity contribution is -0.127. The molecule has 1 amide bonds. The minimum absolute atomic E-state index is 0.257. The first-order valence-electron chi connectivity index (χ1n) is 9.38. The molecule has 0 radical (unpaired) electrons. The first-order chi connectivity index (χ1) is 10.6. The first kappa shape index (κ1) is 16.3. The van der Waals surface area contributed by atoms with Crippen molar-refractivity contribution in [2.24, 2.45) is 11.3 Å². The number of hydrogen-bond donors (Lipinski definition) is 2. The van der Waals surface area contributed by atoms with Crippen molar-refractivity contribution in [3.8, 4) is 0 Å². The van der Waals surface area contributed by atoms with E-state index in [-0.39, 0.29) is 5.92 Å². The summed E-state index contributed by atoms with van der Waals surface area (Å²) >= 11 is 0. The van der Waals surface area contributed by atoms with E-state index in [1.807, 2.05) is 0 Å². The number of likely N-dealkylation sites (tertiary alicyclic amines) is 1. The molecule has 0 aromatic carbocycles. The van der Waals surface area contributed by atoms with Gasteiger partial charge >= 0.3 is 0 Å². The largest absolute Gasteiger partial charge is 0.353 e. The van der Waals surface area contributed by atoms with Crippen LogP contribution in [-0.2, 0) is 4.79 Å². The summed E-state index contributed by atoms with van der Waals surface area (Å²) in [5, 5.41) is 6.80. The van der Waals surface area contributed by atoms with Crippen molar-refractivity contribution in [1.29, 1.82) is 0 Å². The van der Waals surface area contributed by atoms with Crippen LogP contribution in [0.2, 0.25) is 0 Å². The Morgan fingerprint density at radius 1 is 1.18 bits per heavy atom. The fourth-order valence-corrected chi connectivity index (χ4v) is 4.46. The molecule has 2 heterocycles. The molecule has 0 aromatic rings. The summed E-state index contributed by atoms with van der Waals surface area (Å²) in [7, 11) is 0. The van der Waals surface area contributed by atoms with Gasteiger partial charge in [-0.25, -0.2) is 0 Å². The lowest BCUT2D eigenvalue weighted by Gasteiger charge is -2.37. The second-order valence-electron chi connectivity index (χ2n) is 8.13. The minimum atomic E-state index is 0.257. The number of nitrogens with one attached hydrogen (secondary N) is 2. The summed E-state index contributed by atoms with van der Waals surface area (Å²) < 4.78 is 0. The zero-order chi connectivity index (χ0) is 15.4. The van der Waals surface area contributed by atoms with E-state index in [1.54, 1.807) is 0 Å². The predicted molar refractivity (Wildman–Crippen MR) is 89.8 cm³/mol. The molecular formula is C18H33N3O.